The molecule has 2 aromatic carbocycles. The van der Waals surface area contributed by atoms with Crippen LogP contribution in [0.2, 0.25) is 5.02 Å². The molecule has 3 atom stereocenters. The Balaban J connectivity index is 1.75. The second-order valence-corrected chi connectivity index (χ2v) is 7.03. The maximum absolute atomic E-state index is 11.7. The van der Waals surface area contributed by atoms with Crippen molar-refractivity contribution in [2.45, 2.75) is 18.4 Å². The van der Waals surface area contributed by atoms with Crippen LogP contribution in [0, 0.1) is 5.92 Å². The second kappa shape index (κ2) is 6.69. The molecule has 0 saturated heterocycles. The zero-order valence-corrected chi connectivity index (χ0v) is 15.4. The van der Waals surface area contributed by atoms with Gasteiger partial charge in [-0.3, -0.25) is 0 Å². The number of hydrogen-bond acceptors (Lipinski definition) is 4. The van der Waals surface area contributed by atoms with Gasteiger partial charge in [-0.15, -0.1) is 0 Å². The molecule has 4 rings (SSSR count). The van der Waals surface area contributed by atoms with Gasteiger partial charge in [0.1, 0.15) is 5.75 Å². The third kappa shape index (κ3) is 2.65. The molecule has 1 aliphatic heterocycles. The lowest BCUT2D eigenvalue weighted by molar-refractivity contribution is 0.0600. The Morgan fingerprint density at radius 1 is 1.15 bits per heavy atom. The first-order valence-corrected chi connectivity index (χ1v) is 8.99. The molecule has 0 unspecified atom stereocenters. The second-order valence-electron chi connectivity index (χ2n) is 6.63. The van der Waals surface area contributed by atoms with Crippen molar-refractivity contribution in [2.75, 3.05) is 19.5 Å². The highest BCUT2D eigenvalue weighted by Crippen LogP contribution is 2.54. The number of carbonyl (C=O) groups excluding carboxylic acids is 1. The number of methoxy groups -OCH3 is 2. The molecule has 26 heavy (non-hydrogen) atoms. The maximum atomic E-state index is 11.7. The molecule has 4 nitrogen and oxygen atoms in total. The van der Waals surface area contributed by atoms with Gasteiger partial charge >= 0.3 is 5.97 Å². The molecule has 2 aliphatic rings. The van der Waals surface area contributed by atoms with E-state index in [4.69, 9.17) is 21.1 Å². The van der Waals surface area contributed by atoms with Gasteiger partial charge in [0, 0.05) is 16.5 Å². The van der Waals surface area contributed by atoms with Gasteiger partial charge in [0.2, 0.25) is 0 Å². The van der Waals surface area contributed by atoms with Gasteiger partial charge in [-0.2, -0.15) is 0 Å². The lowest BCUT2D eigenvalue weighted by Crippen LogP contribution is -2.29. The number of nitrogens with one attached hydrogen (secondary N) is 1. The third-order valence-corrected chi connectivity index (χ3v) is 5.67. The molecular formula is C21H20ClNO3. The van der Waals surface area contributed by atoms with E-state index in [2.05, 4.69) is 17.5 Å². The van der Waals surface area contributed by atoms with Crippen LogP contribution in [0.15, 0.2) is 48.6 Å². The van der Waals surface area contributed by atoms with E-state index in [1.54, 1.807) is 7.11 Å². The molecular weight excluding hydrogens is 350 g/mol. The zero-order chi connectivity index (χ0) is 18.3. The number of halogens is 1. The van der Waals surface area contributed by atoms with Crippen LogP contribution >= 0.6 is 11.6 Å². The summed E-state index contributed by atoms with van der Waals surface area (Å²) in [5.41, 5.74) is 3.74. The number of ether oxygens (including phenoxy) is 2. The first-order chi connectivity index (χ1) is 12.6. The Kier molecular flexibility index (Phi) is 4.37. The minimum atomic E-state index is -0.327. The Labute approximate surface area is 157 Å². The Bertz CT molecular complexity index is 876. The lowest BCUT2D eigenvalue weighted by atomic mass is 9.76. The van der Waals surface area contributed by atoms with Crippen LogP contribution in [0.25, 0.3) is 0 Å². The maximum Gasteiger partial charge on any atom is 0.337 e. The summed E-state index contributed by atoms with van der Waals surface area (Å²) in [6.45, 7) is 0. The smallest absolute Gasteiger partial charge is 0.337 e. The number of rotatable bonds is 3. The summed E-state index contributed by atoms with van der Waals surface area (Å²) in [6.07, 6.45) is 5.44. The van der Waals surface area contributed by atoms with E-state index < -0.39 is 0 Å². The van der Waals surface area contributed by atoms with Crippen molar-refractivity contribution in [3.8, 4) is 5.75 Å². The van der Waals surface area contributed by atoms with Gasteiger partial charge in [-0.25, -0.2) is 4.79 Å². The molecule has 1 aliphatic carbocycles. The van der Waals surface area contributed by atoms with Crippen molar-refractivity contribution >= 4 is 23.3 Å². The van der Waals surface area contributed by atoms with E-state index in [1.165, 1.54) is 7.11 Å². The molecule has 0 spiro atoms. The van der Waals surface area contributed by atoms with Crippen LogP contribution in [-0.2, 0) is 4.74 Å². The Hall–Kier alpha value is -2.46. The fraction of sp³-hybridized carbons (Fsp3) is 0.286. The highest BCUT2D eigenvalue weighted by molar-refractivity contribution is 6.32. The van der Waals surface area contributed by atoms with Crippen LogP contribution in [0.5, 0.6) is 5.75 Å². The van der Waals surface area contributed by atoms with E-state index in [1.807, 2.05) is 36.4 Å². The van der Waals surface area contributed by atoms with Crippen molar-refractivity contribution in [3.63, 3.8) is 0 Å². The standard InChI is InChI=1S/C21H20ClNO3/c1-25-17-11-10-16(22)18-14-4-3-5-15(14)19(23-20(17)18)12-6-8-13(9-7-12)21(24)26-2/h3-4,6-11,14-15,19,23H,5H2,1-2H3/t14-,15+,19+/m1/s1. The number of anilines is 1. The fourth-order valence-corrected chi connectivity index (χ4v) is 4.37. The highest BCUT2D eigenvalue weighted by Gasteiger charge is 2.40. The van der Waals surface area contributed by atoms with Gasteiger partial charge in [-0.1, -0.05) is 35.9 Å². The predicted molar refractivity (Wildman–Crippen MR) is 102 cm³/mol. The average molecular weight is 370 g/mol. The van der Waals surface area contributed by atoms with Crippen LogP contribution < -0.4 is 10.1 Å². The normalized spacial score (nSPS) is 23.0. The summed E-state index contributed by atoms with van der Waals surface area (Å²) in [7, 11) is 3.06. The number of allylic oxidation sites excluding steroid dienone is 2. The highest BCUT2D eigenvalue weighted by atomic mass is 35.5. The summed E-state index contributed by atoms with van der Waals surface area (Å²) in [5, 5.41) is 4.40. The minimum absolute atomic E-state index is 0.113. The summed E-state index contributed by atoms with van der Waals surface area (Å²) in [4.78, 5) is 11.7. The monoisotopic (exact) mass is 369 g/mol. The van der Waals surface area contributed by atoms with Gasteiger partial charge in [0.15, 0.2) is 0 Å². The molecule has 0 amide bonds. The molecule has 134 valence electrons. The summed E-state index contributed by atoms with van der Waals surface area (Å²) < 4.78 is 10.3. The van der Waals surface area contributed by atoms with Crippen LogP contribution in [-0.4, -0.2) is 20.2 Å². The molecule has 1 N–H and O–H groups in total. The average Bonchev–Trinajstić information content (AvgIpc) is 3.16. The predicted octanol–water partition coefficient (Wildman–Crippen LogP) is 4.96. The number of carbonyl (C=O) groups is 1. The van der Waals surface area contributed by atoms with Crippen LogP contribution in [0.1, 0.15) is 39.9 Å². The quantitative estimate of drug-likeness (QED) is 0.613. The van der Waals surface area contributed by atoms with Gasteiger partial charge in [0.05, 0.1) is 31.5 Å². The first-order valence-electron chi connectivity index (χ1n) is 8.62. The molecule has 5 heteroatoms. The molecule has 0 bridgehead atoms. The number of benzene rings is 2. The van der Waals surface area contributed by atoms with E-state index in [0.717, 1.165) is 34.0 Å². The van der Waals surface area contributed by atoms with Crippen LogP contribution in [0.3, 0.4) is 0 Å². The van der Waals surface area contributed by atoms with E-state index >= 15 is 0 Å². The number of hydrogen-bond donors (Lipinski definition) is 1. The molecule has 0 radical (unpaired) electrons. The Morgan fingerprint density at radius 2 is 1.92 bits per heavy atom. The van der Waals surface area contributed by atoms with Gasteiger partial charge < -0.3 is 14.8 Å². The van der Waals surface area contributed by atoms with Crippen molar-refractivity contribution in [1.82, 2.24) is 0 Å². The van der Waals surface area contributed by atoms with Gasteiger partial charge in [0.25, 0.3) is 0 Å². The van der Waals surface area contributed by atoms with Crippen molar-refractivity contribution in [2.24, 2.45) is 5.92 Å². The molecule has 1 heterocycles. The number of esters is 1. The van der Waals surface area contributed by atoms with Crippen molar-refractivity contribution in [3.05, 3.63) is 70.3 Å². The van der Waals surface area contributed by atoms with E-state index in [0.29, 0.717) is 11.5 Å². The lowest BCUT2D eigenvalue weighted by Gasteiger charge is -2.38. The van der Waals surface area contributed by atoms with Crippen molar-refractivity contribution in [1.29, 1.82) is 0 Å². The number of fused-ring (bicyclic) bond motifs is 3. The summed E-state index contributed by atoms with van der Waals surface area (Å²) in [5.74, 6) is 1.09. The summed E-state index contributed by atoms with van der Waals surface area (Å²) in [6, 6.07) is 11.5. The van der Waals surface area contributed by atoms with Crippen LogP contribution in [0.4, 0.5) is 5.69 Å². The molecule has 0 aromatic heterocycles. The zero-order valence-electron chi connectivity index (χ0n) is 14.7. The van der Waals surface area contributed by atoms with Gasteiger partial charge in [-0.05, 0) is 42.2 Å². The molecule has 0 fully saturated rings. The molecule has 2 aromatic rings. The summed E-state index contributed by atoms with van der Waals surface area (Å²) >= 11 is 6.52. The first kappa shape index (κ1) is 17.0. The largest absolute Gasteiger partial charge is 0.495 e. The van der Waals surface area contributed by atoms with E-state index in [-0.39, 0.29) is 17.9 Å². The Morgan fingerprint density at radius 3 is 2.62 bits per heavy atom. The SMILES string of the molecule is COC(=O)c1ccc([C@@H]2Nc3c(OC)ccc(Cl)c3[C@@H]3C=CC[C@@H]32)cc1. The third-order valence-electron chi connectivity index (χ3n) is 5.34. The topological polar surface area (TPSA) is 47.6 Å². The minimum Gasteiger partial charge on any atom is -0.495 e. The van der Waals surface area contributed by atoms with Crippen molar-refractivity contribution < 1.29 is 14.3 Å². The molecule has 0 saturated carbocycles. The van der Waals surface area contributed by atoms with E-state index in [9.17, 15) is 4.79 Å². The fourth-order valence-electron chi connectivity index (χ4n) is 4.08.